The Kier molecular flexibility index (Phi) is 5.91. The zero-order valence-electron chi connectivity index (χ0n) is 15.7. The number of aromatic amines is 1. The molecule has 8 nitrogen and oxygen atoms in total. The van der Waals surface area contributed by atoms with E-state index in [4.69, 9.17) is 14.2 Å². The van der Waals surface area contributed by atoms with Gasteiger partial charge < -0.3 is 14.2 Å². The molecular weight excluding hydrogens is 360 g/mol. The number of carbonyl (C=O) groups is 1. The van der Waals surface area contributed by atoms with E-state index in [1.54, 1.807) is 45.6 Å². The summed E-state index contributed by atoms with van der Waals surface area (Å²) in [4.78, 5) is 12.3. The molecule has 28 heavy (non-hydrogen) atoms. The summed E-state index contributed by atoms with van der Waals surface area (Å²) < 4.78 is 15.7. The van der Waals surface area contributed by atoms with Crippen molar-refractivity contribution in [1.29, 1.82) is 0 Å². The minimum atomic E-state index is -0.412. The Morgan fingerprint density at radius 3 is 2.50 bits per heavy atom. The number of hydrogen-bond acceptors (Lipinski definition) is 6. The van der Waals surface area contributed by atoms with Crippen molar-refractivity contribution in [2.24, 2.45) is 5.10 Å². The van der Waals surface area contributed by atoms with Gasteiger partial charge in [0.1, 0.15) is 11.4 Å². The second-order valence-electron chi connectivity index (χ2n) is 5.68. The Labute approximate surface area is 162 Å². The molecule has 3 rings (SSSR count). The van der Waals surface area contributed by atoms with Crippen LogP contribution in [0.2, 0.25) is 0 Å². The lowest BCUT2D eigenvalue weighted by molar-refractivity contribution is 0.0950. The first-order valence-electron chi connectivity index (χ1n) is 8.40. The van der Waals surface area contributed by atoms with Crippen LogP contribution in [0, 0.1) is 0 Å². The van der Waals surface area contributed by atoms with Crippen molar-refractivity contribution in [3.8, 4) is 28.5 Å². The quantitative estimate of drug-likeness (QED) is 0.485. The topological polar surface area (TPSA) is 97.8 Å². The molecule has 0 spiro atoms. The number of hydrazone groups is 1. The van der Waals surface area contributed by atoms with Crippen LogP contribution in [-0.4, -0.2) is 43.6 Å². The van der Waals surface area contributed by atoms with E-state index in [1.165, 1.54) is 6.21 Å². The highest BCUT2D eigenvalue weighted by atomic mass is 16.5. The van der Waals surface area contributed by atoms with Gasteiger partial charge in [-0.15, -0.1) is 0 Å². The van der Waals surface area contributed by atoms with Crippen molar-refractivity contribution in [2.75, 3.05) is 21.3 Å². The van der Waals surface area contributed by atoms with E-state index in [9.17, 15) is 4.79 Å². The molecular formula is C20H20N4O4. The summed E-state index contributed by atoms with van der Waals surface area (Å²) in [5.41, 5.74) is 4.88. The molecule has 144 valence electrons. The lowest BCUT2D eigenvalue weighted by Crippen LogP contribution is -2.18. The molecule has 0 fully saturated rings. The van der Waals surface area contributed by atoms with Crippen molar-refractivity contribution in [3.05, 3.63) is 59.8 Å². The second-order valence-corrected chi connectivity index (χ2v) is 5.68. The molecule has 0 radical (unpaired) electrons. The van der Waals surface area contributed by atoms with Crippen LogP contribution in [0.15, 0.2) is 53.6 Å². The number of methoxy groups -OCH3 is 3. The third kappa shape index (κ3) is 4.12. The van der Waals surface area contributed by atoms with Crippen LogP contribution >= 0.6 is 0 Å². The highest BCUT2D eigenvalue weighted by Crippen LogP contribution is 2.28. The fraction of sp³-hybridized carbons (Fsp3) is 0.150. The summed E-state index contributed by atoms with van der Waals surface area (Å²) in [6.07, 6.45) is 1.51. The summed E-state index contributed by atoms with van der Waals surface area (Å²) in [6.45, 7) is 0. The van der Waals surface area contributed by atoms with Crippen LogP contribution < -0.4 is 19.6 Å². The number of H-pyrrole nitrogens is 1. The Hall–Kier alpha value is -3.81. The summed E-state index contributed by atoms with van der Waals surface area (Å²) >= 11 is 0. The predicted molar refractivity (Wildman–Crippen MR) is 105 cm³/mol. The van der Waals surface area contributed by atoms with Crippen molar-refractivity contribution < 1.29 is 19.0 Å². The molecule has 8 heteroatoms. The zero-order chi connectivity index (χ0) is 19.9. The molecule has 2 aromatic carbocycles. The van der Waals surface area contributed by atoms with Crippen LogP contribution in [-0.2, 0) is 0 Å². The van der Waals surface area contributed by atoms with Crippen molar-refractivity contribution in [1.82, 2.24) is 15.6 Å². The molecule has 0 saturated carbocycles. The van der Waals surface area contributed by atoms with Crippen LogP contribution in [0.5, 0.6) is 17.2 Å². The summed E-state index contributed by atoms with van der Waals surface area (Å²) in [5, 5.41) is 10.9. The summed E-state index contributed by atoms with van der Waals surface area (Å²) in [6, 6.07) is 14.4. The van der Waals surface area contributed by atoms with E-state index in [0.29, 0.717) is 22.9 Å². The van der Waals surface area contributed by atoms with Gasteiger partial charge in [-0.05, 0) is 42.0 Å². The second kappa shape index (κ2) is 8.72. The molecule has 1 aromatic heterocycles. The van der Waals surface area contributed by atoms with Crippen molar-refractivity contribution in [3.63, 3.8) is 0 Å². The third-order valence-electron chi connectivity index (χ3n) is 3.99. The molecule has 1 heterocycles. The maximum absolute atomic E-state index is 12.3. The SMILES string of the molecule is COc1ccc(C=NNC(=O)c2cc(-c3ccccc3OC)n[nH]2)cc1OC. The van der Waals surface area contributed by atoms with Crippen LogP contribution in [0.25, 0.3) is 11.3 Å². The number of aromatic nitrogens is 2. The highest BCUT2D eigenvalue weighted by molar-refractivity contribution is 5.94. The first-order valence-corrected chi connectivity index (χ1v) is 8.40. The van der Waals surface area contributed by atoms with Gasteiger partial charge in [-0.25, -0.2) is 5.43 Å². The zero-order valence-corrected chi connectivity index (χ0v) is 15.7. The van der Waals surface area contributed by atoms with E-state index in [0.717, 1.165) is 11.1 Å². The molecule has 0 aliphatic heterocycles. The normalized spacial score (nSPS) is 10.7. The van der Waals surface area contributed by atoms with E-state index in [-0.39, 0.29) is 5.69 Å². The average Bonchev–Trinajstić information content (AvgIpc) is 3.23. The molecule has 0 aliphatic carbocycles. The summed E-state index contributed by atoms with van der Waals surface area (Å²) in [7, 11) is 4.70. The molecule has 0 bridgehead atoms. The highest BCUT2D eigenvalue weighted by Gasteiger charge is 2.13. The number of para-hydroxylation sites is 1. The first-order chi connectivity index (χ1) is 13.7. The molecule has 3 aromatic rings. The van der Waals surface area contributed by atoms with Crippen LogP contribution in [0.1, 0.15) is 16.1 Å². The van der Waals surface area contributed by atoms with E-state index in [1.807, 2.05) is 24.3 Å². The number of ether oxygens (including phenoxy) is 3. The van der Waals surface area contributed by atoms with Gasteiger partial charge in [-0.1, -0.05) is 12.1 Å². The molecule has 2 N–H and O–H groups in total. The monoisotopic (exact) mass is 380 g/mol. The Balaban J connectivity index is 1.69. The number of rotatable bonds is 7. The maximum Gasteiger partial charge on any atom is 0.289 e. The van der Waals surface area contributed by atoms with Crippen molar-refractivity contribution in [2.45, 2.75) is 0 Å². The Morgan fingerprint density at radius 2 is 1.75 bits per heavy atom. The number of carbonyl (C=O) groups excluding carboxylic acids is 1. The fourth-order valence-corrected chi connectivity index (χ4v) is 2.59. The number of nitrogens with one attached hydrogen (secondary N) is 2. The number of benzene rings is 2. The maximum atomic E-state index is 12.3. The lowest BCUT2D eigenvalue weighted by atomic mass is 10.1. The molecule has 0 unspecified atom stereocenters. The van der Waals surface area contributed by atoms with Crippen LogP contribution in [0.3, 0.4) is 0 Å². The van der Waals surface area contributed by atoms with E-state index < -0.39 is 5.91 Å². The minimum absolute atomic E-state index is 0.283. The van der Waals surface area contributed by atoms with Gasteiger partial charge in [-0.2, -0.15) is 10.2 Å². The van der Waals surface area contributed by atoms with Crippen LogP contribution in [0.4, 0.5) is 0 Å². The molecule has 0 atom stereocenters. The lowest BCUT2D eigenvalue weighted by Gasteiger charge is -2.07. The Bertz CT molecular complexity index is 997. The Morgan fingerprint density at radius 1 is 1.00 bits per heavy atom. The van der Waals surface area contributed by atoms with Gasteiger partial charge in [0.05, 0.1) is 33.2 Å². The summed E-state index contributed by atoms with van der Waals surface area (Å²) in [5.74, 6) is 1.45. The standard InChI is InChI=1S/C20H20N4O4/c1-26-17-7-5-4-6-14(17)15-11-16(23-22-15)20(25)24-21-12-13-8-9-18(27-2)19(10-13)28-3/h4-12H,1-3H3,(H,22,23)(H,24,25). The van der Waals surface area contributed by atoms with Crippen molar-refractivity contribution >= 4 is 12.1 Å². The van der Waals surface area contributed by atoms with E-state index in [2.05, 4.69) is 20.7 Å². The molecule has 1 amide bonds. The molecule has 0 aliphatic rings. The van der Waals surface area contributed by atoms with Gasteiger partial charge in [0.2, 0.25) is 0 Å². The third-order valence-corrected chi connectivity index (χ3v) is 3.99. The van der Waals surface area contributed by atoms with E-state index >= 15 is 0 Å². The van der Waals surface area contributed by atoms with Gasteiger partial charge in [-0.3, -0.25) is 9.89 Å². The molecule has 0 saturated heterocycles. The van der Waals surface area contributed by atoms with Gasteiger partial charge in [0.15, 0.2) is 11.5 Å². The van der Waals surface area contributed by atoms with Gasteiger partial charge in [0, 0.05) is 5.56 Å². The van der Waals surface area contributed by atoms with Gasteiger partial charge in [0.25, 0.3) is 5.91 Å². The first kappa shape index (κ1) is 19.0. The fourth-order valence-electron chi connectivity index (χ4n) is 2.59. The minimum Gasteiger partial charge on any atom is -0.496 e. The largest absolute Gasteiger partial charge is 0.496 e. The number of hydrogen-bond donors (Lipinski definition) is 2. The smallest absolute Gasteiger partial charge is 0.289 e. The predicted octanol–water partition coefficient (Wildman–Crippen LogP) is 2.87. The average molecular weight is 380 g/mol. The number of nitrogens with zero attached hydrogens (tertiary/aromatic N) is 2. The number of amides is 1. The van der Waals surface area contributed by atoms with Gasteiger partial charge >= 0.3 is 0 Å².